The minimum atomic E-state index is 0.580. The van der Waals surface area contributed by atoms with Crippen molar-refractivity contribution < 1.29 is 9.47 Å². The fourth-order valence-corrected chi connectivity index (χ4v) is 2.20. The number of benzene rings is 1. The third-order valence-electron chi connectivity index (χ3n) is 3.34. The zero-order valence-corrected chi connectivity index (χ0v) is 12.9. The summed E-state index contributed by atoms with van der Waals surface area (Å²) in [6.45, 7) is 7.23. The van der Waals surface area contributed by atoms with Crippen molar-refractivity contribution in [1.29, 1.82) is 0 Å². The number of nitrogens with zero attached hydrogens (tertiary/aromatic N) is 2. The van der Waals surface area contributed by atoms with Gasteiger partial charge in [0.15, 0.2) is 11.5 Å². The maximum absolute atomic E-state index is 5.82. The van der Waals surface area contributed by atoms with Gasteiger partial charge in [0.25, 0.3) is 0 Å². The van der Waals surface area contributed by atoms with E-state index in [1.54, 1.807) is 7.11 Å². The molecule has 1 aromatic heterocycles. The molecule has 5 nitrogen and oxygen atoms in total. The lowest BCUT2D eigenvalue weighted by atomic mass is 10.3. The molecule has 2 aromatic rings. The lowest BCUT2D eigenvalue weighted by Crippen LogP contribution is -2.18. The molecule has 0 unspecified atom stereocenters. The Balaban J connectivity index is 1.95. The maximum Gasteiger partial charge on any atom is 0.161 e. The minimum absolute atomic E-state index is 0.580. The zero-order chi connectivity index (χ0) is 15.1. The Morgan fingerprint density at radius 1 is 1.24 bits per heavy atom. The van der Waals surface area contributed by atoms with Crippen molar-refractivity contribution in [3.8, 4) is 11.5 Å². The molecule has 0 radical (unpaired) electrons. The molecular formula is C16H23N3O2. The highest BCUT2D eigenvalue weighted by atomic mass is 16.5. The second kappa shape index (κ2) is 7.69. The number of hydrogen-bond acceptors (Lipinski definition) is 4. The second-order valence-corrected chi connectivity index (χ2v) is 4.73. The summed E-state index contributed by atoms with van der Waals surface area (Å²) in [5, 5.41) is 3.32. The van der Waals surface area contributed by atoms with E-state index >= 15 is 0 Å². The van der Waals surface area contributed by atoms with Gasteiger partial charge in [-0.25, -0.2) is 4.98 Å². The average Bonchev–Trinajstić information content (AvgIpc) is 2.86. The molecule has 1 heterocycles. The summed E-state index contributed by atoms with van der Waals surface area (Å²) in [6.07, 6.45) is 1.92. The molecule has 1 aromatic carbocycles. The molecule has 0 aliphatic heterocycles. The van der Waals surface area contributed by atoms with E-state index in [1.165, 1.54) is 5.69 Å². The van der Waals surface area contributed by atoms with Crippen LogP contribution < -0.4 is 14.8 Å². The molecule has 0 aliphatic rings. The number of methoxy groups -OCH3 is 1. The minimum Gasteiger partial charge on any atom is -0.493 e. The third kappa shape index (κ3) is 3.98. The van der Waals surface area contributed by atoms with Gasteiger partial charge in [-0.1, -0.05) is 19.1 Å². The van der Waals surface area contributed by atoms with Gasteiger partial charge in [-0.2, -0.15) is 0 Å². The van der Waals surface area contributed by atoms with Crippen molar-refractivity contribution in [3.05, 3.63) is 42.0 Å². The Bertz CT molecular complexity index is 566. The van der Waals surface area contributed by atoms with Gasteiger partial charge in [0.1, 0.15) is 12.4 Å². The Morgan fingerprint density at radius 3 is 2.71 bits per heavy atom. The average molecular weight is 289 g/mol. The van der Waals surface area contributed by atoms with Crippen LogP contribution in [0.4, 0.5) is 0 Å². The molecule has 1 N–H and O–H groups in total. The van der Waals surface area contributed by atoms with Crippen LogP contribution >= 0.6 is 0 Å². The van der Waals surface area contributed by atoms with Crippen LogP contribution in [-0.4, -0.2) is 29.8 Å². The Hall–Kier alpha value is -2.01. The van der Waals surface area contributed by atoms with Crippen LogP contribution in [0.1, 0.15) is 18.4 Å². The smallest absolute Gasteiger partial charge is 0.161 e. The summed E-state index contributed by atoms with van der Waals surface area (Å²) in [5.74, 6) is 2.53. The number of nitrogens with one attached hydrogen (secondary N) is 1. The van der Waals surface area contributed by atoms with E-state index in [0.717, 1.165) is 37.0 Å². The molecule has 114 valence electrons. The highest BCUT2D eigenvalue weighted by molar-refractivity contribution is 5.39. The van der Waals surface area contributed by atoms with Gasteiger partial charge in [0, 0.05) is 12.7 Å². The van der Waals surface area contributed by atoms with E-state index in [1.807, 2.05) is 37.4 Å². The standard InChI is InChI=1S/C16H23N3O2/c1-4-17-11-14-12-18-13(2)19(14)9-10-21-16-8-6-5-7-15(16)20-3/h5-8,12,17H,4,9-11H2,1-3H3. The number of para-hydroxylation sites is 2. The summed E-state index contributed by atoms with van der Waals surface area (Å²) < 4.78 is 13.3. The van der Waals surface area contributed by atoms with Crippen LogP contribution in [0.3, 0.4) is 0 Å². The van der Waals surface area contributed by atoms with Crippen LogP contribution in [0, 0.1) is 6.92 Å². The number of ether oxygens (including phenoxy) is 2. The molecule has 0 bridgehead atoms. The van der Waals surface area contributed by atoms with E-state index in [2.05, 4.69) is 21.8 Å². The summed E-state index contributed by atoms with van der Waals surface area (Å²) in [5.41, 5.74) is 1.18. The second-order valence-electron chi connectivity index (χ2n) is 4.73. The number of aromatic nitrogens is 2. The molecule has 0 atom stereocenters. The Morgan fingerprint density at radius 2 is 2.00 bits per heavy atom. The maximum atomic E-state index is 5.82. The predicted octanol–water partition coefficient (Wildman–Crippen LogP) is 2.39. The molecule has 0 aliphatic carbocycles. The first-order valence-corrected chi connectivity index (χ1v) is 7.23. The monoisotopic (exact) mass is 289 g/mol. The number of aryl methyl sites for hydroxylation is 1. The van der Waals surface area contributed by atoms with Crippen LogP contribution in [0.2, 0.25) is 0 Å². The van der Waals surface area contributed by atoms with Crippen LogP contribution in [-0.2, 0) is 13.1 Å². The molecule has 5 heteroatoms. The first-order valence-electron chi connectivity index (χ1n) is 7.23. The number of imidazole rings is 1. The topological polar surface area (TPSA) is 48.3 Å². The molecule has 0 saturated carbocycles. The molecule has 0 amide bonds. The summed E-state index contributed by atoms with van der Waals surface area (Å²) in [6, 6.07) is 7.69. The predicted molar refractivity (Wildman–Crippen MR) is 82.8 cm³/mol. The van der Waals surface area contributed by atoms with Crippen molar-refractivity contribution in [2.45, 2.75) is 26.9 Å². The van der Waals surface area contributed by atoms with Crippen molar-refractivity contribution in [2.75, 3.05) is 20.3 Å². The van der Waals surface area contributed by atoms with Crippen LogP contribution in [0.25, 0.3) is 0 Å². The van der Waals surface area contributed by atoms with Crippen molar-refractivity contribution in [1.82, 2.24) is 14.9 Å². The van der Waals surface area contributed by atoms with Gasteiger partial charge < -0.3 is 19.4 Å². The van der Waals surface area contributed by atoms with Crippen LogP contribution in [0.15, 0.2) is 30.5 Å². The van der Waals surface area contributed by atoms with E-state index in [4.69, 9.17) is 9.47 Å². The van der Waals surface area contributed by atoms with Crippen molar-refractivity contribution in [3.63, 3.8) is 0 Å². The van der Waals surface area contributed by atoms with Crippen LogP contribution in [0.5, 0.6) is 11.5 Å². The molecular weight excluding hydrogens is 266 g/mol. The highest BCUT2D eigenvalue weighted by Crippen LogP contribution is 2.25. The van der Waals surface area contributed by atoms with Crippen molar-refractivity contribution in [2.24, 2.45) is 0 Å². The van der Waals surface area contributed by atoms with Gasteiger partial charge >= 0.3 is 0 Å². The molecule has 21 heavy (non-hydrogen) atoms. The fourth-order valence-electron chi connectivity index (χ4n) is 2.20. The van der Waals surface area contributed by atoms with E-state index in [0.29, 0.717) is 6.61 Å². The summed E-state index contributed by atoms with van der Waals surface area (Å²) in [7, 11) is 1.65. The number of hydrogen-bond donors (Lipinski definition) is 1. The SMILES string of the molecule is CCNCc1cnc(C)n1CCOc1ccccc1OC. The van der Waals surface area contributed by atoms with E-state index < -0.39 is 0 Å². The van der Waals surface area contributed by atoms with Crippen molar-refractivity contribution >= 4 is 0 Å². The first kappa shape index (κ1) is 15.4. The summed E-state index contributed by atoms with van der Waals surface area (Å²) >= 11 is 0. The largest absolute Gasteiger partial charge is 0.493 e. The Labute approximate surface area is 125 Å². The Kier molecular flexibility index (Phi) is 5.63. The normalized spacial score (nSPS) is 10.6. The fraction of sp³-hybridized carbons (Fsp3) is 0.438. The molecule has 0 spiro atoms. The van der Waals surface area contributed by atoms with Gasteiger partial charge in [0.05, 0.1) is 19.3 Å². The van der Waals surface area contributed by atoms with Gasteiger partial charge in [-0.3, -0.25) is 0 Å². The summed E-state index contributed by atoms with van der Waals surface area (Å²) in [4.78, 5) is 4.37. The third-order valence-corrected chi connectivity index (χ3v) is 3.34. The van der Waals surface area contributed by atoms with E-state index in [-0.39, 0.29) is 0 Å². The quantitative estimate of drug-likeness (QED) is 0.810. The van der Waals surface area contributed by atoms with Gasteiger partial charge in [0.2, 0.25) is 0 Å². The lowest BCUT2D eigenvalue weighted by molar-refractivity contribution is 0.277. The molecule has 0 fully saturated rings. The van der Waals surface area contributed by atoms with Gasteiger partial charge in [-0.15, -0.1) is 0 Å². The molecule has 0 saturated heterocycles. The highest BCUT2D eigenvalue weighted by Gasteiger charge is 2.07. The number of rotatable bonds is 8. The van der Waals surface area contributed by atoms with E-state index in [9.17, 15) is 0 Å². The molecule has 2 rings (SSSR count). The van der Waals surface area contributed by atoms with Gasteiger partial charge in [-0.05, 0) is 25.6 Å². The first-order chi connectivity index (χ1) is 10.3. The lowest BCUT2D eigenvalue weighted by Gasteiger charge is -2.13. The zero-order valence-electron chi connectivity index (χ0n) is 12.9.